The SMILES string of the molecule is CCCOS(=O)(=O)c1ccc(C)cc1.c1ccc2c(c1)O2. The van der Waals surface area contributed by atoms with Crippen molar-refractivity contribution in [2.75, 3.05) is 6.61 Å². The van der Waals surface area contributed by atoms with Crippen LogP contribution in [0.3, 0.4) is 0 Å². The Kier molecular flexibility index (Phi) is 4.98. The molecule has 5 heteroatoms. The summed E-state index contributed by atoms with van der Waals surface area (Å²) in [5.41, 5.74) is 1.03. The van der Waals surface area contributed by atoms with Gasteiger partial charge in [-0.05, 0) is 37.6 Å². The van der Waals surface area contributed by atoms with Gasteiger partial charge in [-0.25, -0.2) is 0 Å². The van der Waals surface area contributed by atoms with Gasteiger partial charge in [0.1, 0.15) is 0 Å². The zero-order valence-electron chi connectivity index (χ0n) is 12.1. The van der Waals surface area contributed by atoms with E-state index in [1.807, 2.05) is 38.1 Å². The highest BCUT2D eigenvalue weighted by Crippen LogP contribution is 2.43. The Labute approximate surface area is 125 Å². The first-order chi connectivity index (χ1) is 10.0. The molecule has 21 heavy (non-hydrogen) atoms. The molecule has 0 atom stereocenters. The Morgan fingerprint density at radius 3 is 2.05 bits per heavy atom. The lowest BCUT2D eigenvalue weighted by atomic mass is 10.2. The summed E-state index contributed by atoms with van der Waals surface area (Å²) in [6.07, 6.45) is 0.686. The molecular weight excluding hydrogens is 288 g/mol. The number of hydrogen-bond acceptors (Lipinski definition) is 4. The lowest BCUT2D eigenvalue weighted by Gasteiger charge is -2.04. The number of ether oxygens (including phenoxy) is 1. The van der Waals surface area contributed by atoms with Gasteiger partial charge in [0.15, 0.2) is 11.5 Å². The van der Waals surface area contributed by atoms with Crippen LogP contribution in [0.1, 0.15) is 18.9 Å². The summed E-state index contributed by atoms with van der Waals surface area (Å²) in [5.74, 6) is 2.06. The predicted molar refractivity (Wildman–Crippen MR) is 81.1 cm³/mol. The van der Waals surface area contributed by atoms with Crippen molar-refractivity contribution in [2.24, 2.45) is 0 Å². The van der Waals surface area contributed by atoms with Gasteiger partial charge >= 0.3 is 0 Å². The number of aryl methyl sites for hydroxylation is 1. The predicted octanol–water partition coefficient (Wildman–Crippen LogP) is 3.90. The van der Waals surface area contributed by atoms with Crippen LogP contribution in [0.5, 0.6) is 11.5 Å². The van der Waals surface area contributed by atoms with Crippen molar-refractivity contribution in [1.82, 2.24) is 0 Å². The molecular formula is C16H18O4S. The first-order valence-electron chi connectivity index (χ1n) is 6.76. The Hall–Kier alpha value is -1.85. The first-order valence-corrected chi connectivity index (χ1v) is 8.17. The third-order valence-electron chi connectivity index (χ3n) is 2.78. The molecule has 3 rings (SSSR count). The van der Waals surface area contributed by atoms with Crippen molar-refractivity contribution in [2.45, 2.75) is 25.2 Å². The van der Waals surface area contributed by atoms with Gasteiger partial charge in [-0.3, -0.25) is 4.18 Å². The average molecular weight is 306 g/mol. The molecule has 0 N–H and O–H groups in total. The molecule has 0 saturated carbocycles. The van der Waals surface area contributed by atoms with Crippen LogP contribution in [-0.2, 0) is 14.3 Å². The fourth-order valence-electron chi connectivity index (χ4n) is 1.58. The molecule has 1 aliphatic heterocycles. The van der Waals surface area contributed by atoms with Crippen molar-refractivity contribution in [1.29, 1.82) is 0 Å². The second-order valence-corrected chi connectivity index (χ2v) is 6.25. The minimum absolute atomic E-state index is 0.219. The molecule has 0 unspecified atom stereocenters. The summed E-state index contributed by atoms with van der Waals surface area (Å²) < 4.78 is 32.7. The summed E-state index contributed by atoms with van der Waals surface area (Å²) in [7, 11) is -3.54. The molecule has 0 bridgehead atoms. The van der Waals surface area contributed by atoms with E-state index in [1.54, 1.807) is 24.3 Å². The first kappa shape index (κ1) is 15.5. The molecule has 4 nitrogen and oxygen atoms in total. The highest BCUT2D eigenvalue weighted by molar-refractivity contribution is 7.86. The van der Waals surface area contributed by atoms with Crippen molar-refractivity contribution in [3.8, 4) is 11.5 Å². The van der Waals surface area contributed by atoms with Crippen LogP contribution in [0.2, 0.25) is 0 Å². The topological polar surface area (TPSA) is 55.9 Å². The van der Waals surface area contributed by atoms with Gasteiger partial charge in [-0.15, -0.1) is 0 Å². The molecule has 0 fully saturated rings. The third kappa shape index (κ3) is 4.58. The monoisotopic (exact) mass is 306 g/mol. The number of benzene rings is 2. The van der Waals surface area contributed by atoms with E-state index in [-0.39, 0.29) is 11.5 Å². The summed E-state index contributed by atoms with van der Waals surface area (Å²) in [6.45, 7) is 4.00. The largest absolute Gasteiger partial charge is 0.450 e. The summed E-state index contributed by atoms with van der Waals surface area (Å²) in [6, 6.07) is 14.5. The summed E-state index contributed by atoms with van der Waals surface area (Å²) in [4.78, 5) is 0.219. The van der Waals surface area contributed by atoms with Crippen LogP contribution in [0.4, 0.5) is 0 Å². The molecule has 1 aliphatic rings. The Morgan fingerprint density at radius 1 is 1.00 bits per heavy atom. The van der Waals surface area contributed by atoms with Gasteiger partial charge in [-0.2, -0.15) is 8.42 Å². The van der Waals surface area contributed by atoms with E-state index in [2.05, 4.69) is 0 Å². The minimum Gasteiger partial charge on any atom is -0.450 e. The standard InChI is InChI=1S/C10H14O3S.C6H4O/c1-3-8-13-14(11,12)10-6-4-9(2)5-7-10;1-2-4-6-5(3-1)7-6/h4-7H,3,8H2,1-2H3;1-4H. The van der Waals surface area contributed by atoms with Crippen LogP contribution in [0.25, 0.3) is 0 Å². The molecule has 0 amide bonds. The van der Waals surface area contributed by atoms with Crippen LogP contribution in [-0.4, -0.2) is 15.0 Å². The molecule has 2 aromatic carbocycles. The molecule has 0 aliphatic carbocycles. The van der Waals surface area contributed by atoms with Gasteiger partial charge in [0.25, 0.3) is 10.1 Å². The number of rotatable bonds is 4. The van der Waals surface area contributed by atoms with Crippen molar-refractivity contribution < 1.29 is 17.3 Å². The van der Waals surface area contributed by atoms with Crippen LogP contribution in [0, 0.1) is 6.92 Å². The van der Waals surface area contributed by atoms with Gasteiger partial charge in [0.2, 0.25) is 0 Å². The number of para-hydroxylation sites is 2. The van der Waals surface area contributed by atoms with Crippen molar-refractivity contribution in [3.05, 3.63) is 54.1 Å². The molecule has 2 aromatic rings. The van der Waals surface area contributed by atoms with E-state index < -0.39 is 10.1 Å². The second-order valence-electron chi connectivity index (χ2n) is 4.64. The maximum atomic E-state index is 11.5. The fraction of sp³-hybridized carbons (Fsp3) is 0.250. The van der Waals surface area contributed by atoms with Gasteiger partial charge in [0.05, 0.1) is 11.5 Å². The Bertz CT molecular complexity index is 669. The molecule has 0 radical (unpaired) electrons. The third-order valence-corrected chi connectivity index (χ3v) is 4.11. The van der Waals surface area contributed by atoms with E-state index in [4.69, 9.17) is 8.92 Å². The van der Waals surface area contributed by atoms with Crippen LogP contribution >= 0.6 is 0 Å². The maximum absolute atomic E-state index is 11.5. The minimum atomic E-state index is -3.54. The van der Waals surface area contributed by atoms with Gasteiger partial charge in [-0.1, -0.05) is 36.8 Å². The second kappa shape index (κ2) is 6.74. The van der Waals surface area contributed by atoms with Gasteiger partial charge in [0, 0.05) is 0 Å². The maximum Gasteiger partial charge on any atom is 0.296 e. The smallest absolute Gasteiger partial charge is 0.296 e. The normalized spacial score (nSPS) is 11.7. The van der Waals surface area contributed by atoms with E-state index in [0.717, 1.165) is 17.1 Å². The van der Waals surface area contributed by atoms with Crippen LogP contribution in [0.15, 0.2) is 53.4 Å². The highest BCUT2D eigenvalue weighted by Gasteiger charge is 2.16. The Morgan fingerprint density at radius 2 is 1.57 bits per heavy atom. The average Bonchev–Trinajstić information content (AvgIpc) is 3.26. The van der Waals surface area contributed by atoms with Crippen molar-refractivity contribution >= 4 is 10.1 Å². The zero-order valence-corrected chi connectivity index (χ0v) is 12.9. The van der Waals surface area contributed by atoms with E-state index in [0.29, 0.717) is 6.42 Å². The van der Waals surface area contributed by atoms with Crippen LogP contribution < -0.4 is 4.74 Å². The number of fused-ring (bicyclic) bond motifs is 1. The van der Waals surface area contributed by atoms with Gasteiger partial charge < -0.3 is 4.74 Å². The zero-order chi connectivity index (χ0) is 15.3. The molecule has 0 aromatic heterocycles. The Balaban J connectivity index is 0.000000189. The lowest BCUT2D eigenvalue weighted by molar-refractivity contribution is 0.318. The van der Waals surface area contributed by atoms with E-state index in [9.17, 15) is 8.42 Å². The molecule has 0 saturated heterocycles. The quantitative estimate of drug-likeness (QED) is 0.542. The molecule has 112 valence electrons. The molecule has 1 heterocycles. The van der Waals surface area contributed by atoms with E-state index >= 15 is 0 Å². The fourth-order valence-corrected chi connectivity index (χ4v) is 2.57. The van der Waals surface area contributed by atoms with E-state index in [1.165, 1.54) is 0 Å². The summed E-state index contributed by atoms with van der Waals surface area (Å²) in [5, 5.41) is 0. The number of hydrogen-bond donors (Lipinski definition) is 0. The highest BCUT2D eigenvalue weighted by atomic mass is 32.2. The molecule has 0 spiro atoms. The lowest BCUT2D eigenvalue weighted by Crippen LogP contribution is -2.06. The summed E-state index contributed by atoms with van der Waals surface area (Å²) >= 11 is 0. The van der Waals surface area contributed by atoms with Crippen molar-refractivity contribution in [3.63, 3.8) is 0 Å².